The van der Waals surface area contributed by atoms with E-state index in [9.17, 15) is 9.59 Å². The summed E-state index contributed by atoms with van der Waals surface area (Å²) in [5.74, 6) is 0.121. The fourth-order valence-electron chi connectivity index (χ4n) is 2.49. The summed E-state index contributed by atoms with van der Waals surface area (Å²) in [5, 5.41) is 2.16. The molecule has 6 nitrogen and oxygen atoms in total. The summed E-state index contributed by atoms with van der Waals surface area (Å²) in [6.45, 7) is 0.416. The van der Waals surface area contributed by atoms with Crippen LogP contribution in [0.3, 0.4) is 0 Å². The topological polar surface area (TPSA) is 83.2 Å². The minimum atomic E-state index is -0.406. The predicted molar refractivity (Wildman–Crippen MR) is 103 cm³/mol. The predicted octanol–water partition coefficient (Wildman–Crippen LogP) is 3.55. The number of ether oxygens (including phenoxy) is 1. The molecule has 0 saturated heterocycles. The Morgan fingerprint density at radius 2 is 1.88 bits per heavy atom. The third kappa shape index (κ3) is 4.64. The zero-order chi connectivity index (χ0) is 18.4. The van der Waals surface area contributed by atoms with Crippen LogP contribution in [-0.2, 0) is 4.79 Å². The van der Waals surface area contributed by atoms with Crippen molar-refractivity contribution in [3.05, 3.63) is 64.9 Å². The first-order valence-electron chi connectivity index (χ1n) is 8.17. The van der Waals surface area contributed by atoms with Gasteiger partial charge < -0.3 is 9.72 Å². The van der Waals surface area contributed by atoms with Crippen molar-refractivity contribution in [2.24, 2.45) is 0 Å². The summed E-state index contributed by atoms with van der Waals surface area (Å²) in [6, 6.07) is 15.5. The lowest BCUT2D eigenvalue weighted by Crippen LogP contribution is -2.41. The molecule has 3 aromatic rings. The minimum absolute atomic E-state index is 0.249. The SMILES string of the molecule is O=C(CCCOc1cccc2ccccc12)NNC(=O)c1cc(Br)c[nH]1. The highest BCUT2D eigenvalue weighted by molar-refractivity contribution is 9.10. The Morgan fingerprint density at radius 1 is 1.08 bits per heavy atom. The van der Waals surface area contributed by atoms with E-state index >= 15 is 0 Å². The third-order valence-corrected chi connectivity index (χ3v) is 4.22. The molecule has 0 aliphatic carbocycles. The van der Waals surface area contributed by atoms with Gasteiger partial charge in [0.25, 0.3) is 5.91 Å². The van der Waals surface area contributed by atoms with Crippen LogP contribution in [0.4, 0.5) is 0 Å². The van der Waals surface area contributed by atoms with Crippen molar-refractivity contribution in [1.82, 2.24) is 15.8 Å². The number of aromatic nitrogens is 1. The lowest BCUT2D eigenvalue weighted by atomic mass is 10.1. The first-order chi connectivity index (χ1) is 12.6. The van der Waals surface area contributed by atoms with E-state index in [0.717, 1.165) is 21.0 Å². The van der Waals surface area contributed by atoms with Crippen LogP contribution in [0.25, 0.3) is 10.8 Å². The molecule has 0 radical (unpaired) electrons. The molecule has 0 aliphatic rings. The second-order valence-corrected chi connectivity index (χ2v) is 6.58. The van der Waals surface area contributed by atoms with Crippen LogP contribution in [0, 0.1) is 0 Å². The summed E-state index contributed by atoms with van der Waals surface area (Å²) in [7, 11) is 0. The van der Waals surface area contributed by atoms with Crippen molar-refractivity contribution in [3.63, 3.8) is 0 Å². The average molecular weight is 416 g/mol. The Hall–Kier alpha value is -2.80. The van der Waals surface area contributed by atoms with Crippen LogP contribution in [0.1, 0.15) is 23.3 Å². The molecular formula is C19H18BrN3O3. The second kappa shape index (κ2) is 8.53. The number of hydrogen-bond acceptors (Lipinski definition) is 3. The normalized spacial score (nSPS) is 10.5. The number of hydrazine groups is 1. The Labute approximate surface area is 159 Å². The zero-order valence-corrected chi connectivity index (χ0v) is 15.5. The summed E-state index contributed by atoms with van der Waals surface area (Å²) < 4.78 is 6.55. The fourth-order valence-corrected chi connectivity index (χ4v) is 2.84. The number of carbonyl (C=O) groups is 2. The maximum atomic E-state index is 11.8. The van der Waals surface area contributed by atoms with Crippen LogP contribution in [0.2, 0.25) is 0 Å². The average Bonchev–Trinajstić information content (AvgIpc) is 3.10. The summed E-state index contributed by atoms with van der Waals surface area (Å²) in [5.41, 5.74) is 5.11. The maximum absolute atomic E-state index is 11.8. The molecule has 1 heterocycles. The number of fused-ring (bicyclic) bond motifs is 1. The van der Waals surface area contributed by atoms with Gasteiger partial charge in [-0.25, -0.2) is 0 Å². The molecule has 3 N–H and O–H groups in total. The first-order valence-corrected chi connectivity index (χ1v) is 8.96. The van der Waals surface area contributed by atoms with Crippen LogP contribution in [0.15, 0.2) is 59.2 Å². The van der Waals surface area contributed by atoms with Gasteiger partial charge in [0, 0.05) is 22.5 Å². The molecule has 1 aromatic heterocycles. The van der Waals surface area contributed by atoms with Crippen molar-refractivity contribution in [2.75, 3.05) is 6.61 Å². The lowest BCUT2D eigenvalue weighted by Gasteiger charge is -2.10. The maximum Gasteiger partial charge on any atom is 0.286 e. The van der Waals surface area contributed by atoms with Crippen molar-refractivity contribution in [3.8, 4) is 5.75 Å². The van der Waals surface area contributed by atoms with E-state index in [4.69, 9.17) is 4.74 Å². The highest BCUT2D eigenvalue weighted by atomic mass is 79.9. The van der Waals surface area contributed by atoms with Gasteiger partial charge in [-0.15, -0.1) is 0 Å². The quantitative estimate of drug-likeness (QED) is 0.425. The molecule has 134 valence electrons. The van der Waals surface area contributed by atoms with E-state index in [0.29, 0.717) is 18.7 Å². The molecule has 3 rings (SSSR count). The van der Waals surface area contributed by atoms with E-state index in [2.05, 4.69) is 31.8 Å². The van der Waals surface area contributed by atoms with Crippen molar-refractivity contribution in [1.29, 1.82) is 0 Å². The van der Waals surface area contributed by atoms with Crippen molar-refractivity contribution in [2.45, 2.75) is 12.8 Å². The van der Waals surface area contributed by atoms with Crippen molar-refractivity contribution >= 4 is 38.5 Å². The zero-order valence-electron chi connectivity index (χ0n) is 13.9. The molecule has 2 aromatic carbocycles. The van der Waals surface area contributed by atoms with Crippen LogP contribution < -0.4 is 15.6 Å². The first kappa shape index (κ1) is 18.0. The van der Waals surface area contributed by atoms with Gasteiger partial charge in [0.2, 0.25) is 5.91 Å². The number of nitrogens with one attached hydrogen (secondary N) is 3. The van der Waals surface area contributed by atoms with E-state index in [1.54, 1.807) is 12.3 Å². The van der Waals surface area contributed by atoms with Gasteiger partial charge in [0.15, 0.2) is 0 Å². The molecule has 26 heavy (non-hydrogen) atoms. The number of benzene rings is 2. The van der Waals surface area contributed by atoms with Gasteiger partial charge in [-0.2, -0.15) is 0 Å². The van der Waals surface area contributed by atoms with Crippen LogP contribution in [-0.4, -0.2) is 23.4 Å². The van der Waals surface area contributed by atoms with Crippen molar-refractivity contribution < 1.29 is 14.3 Å². The number of rotatable bonds is 6. The Kier molecular flexibility index (Phi) is 5.91. The molecule has 0 saturated carbocycles. The van der Waals surface area contributed by atoms with Gasteiger partial charge in [-0.3, -0.25) is 20.4 Å². The summed E-state index contributed by atoms with van der Waals surface area (Å²) in [6.07, 6.45) is 2.43. The second-order valence-electron chi connectivity index (χ2n) is 5.66. The molecule has 0 bridgehead atoms. The molecule has 7 heteroatoms. The Morgan fingerprint density at radius 3 is 2.69 bits per heavy atom. The number of H-pyrrole nitrogens is 1. The Bertz CT molecular complexity index is 918. The number of aromatic amines is 1. The molecule has 0 fully saturated rings. The van der Waals surface area contributed by atoms with E-state index in [1.165, 1.54) is 0 Å². The fraction of sp³-hybridized carbons (Fsp3) is 0.158. The number of hydrogen-bond donors (Lipinski definition) is 3. The summed E-state index contributed by atoms with van der Waals surface area (Å²) >= 11 is 3.24. The van der Waals surface area contributed by atoms with Gasteiger partial charge >= 0.3 is 0 Å². The molecule has 0 atom stereocenters. The third-order valence-electron chi connectivity index (χ3n) is 3.76. The largest absolute Gasteiger partial charge is 0.493 e. The van der Waals surface area contributed by atoms with Crippen LogP contribution in [0.5, 0.6) is 5.75 Å². The number of amides is 2. The Balaban J connectivity index is 1.40. The van der Waals surface area contributed by atoms with E-state index < -0.39 is 5.91 Å². The number of carbonyl (C=O) groups excluding carboxylic acids is 2. The van der Waals surface area contributed by atoms with E-state index in [-0.39, 0.29) is 12.3 Å². The molecule has 2 amide bonds. The van der Waals surface area contributed by atoms with Gasteiger partial charge in [-0.05, 0) is 39.9 Å². The van der Waals surface area contributed by atoms with Gasteiger partial charge in [-0.1, -0.05) is 36.4 Å². The molecule has 0 aliphatic heterocycles. The smallest absolute Gasteiger partial charge is 0.286 e. The summed E-state index contributed by atoms with van der Waals surface area (Å²) in [4.78, 5) is 26.4. The highest BCUT2D eigenvalue weighted by Crippen LogP contribution is 2.25. The monoisotopic (exact) mass is 415 g/mol. The highest BCUT2D eigenvalue weighted by Gasteiger charge is 2.09. The van der Waals surface area contributed by atoms with E-state index in [1.807, 2.05) is 42.5 Å². The van der Waals surface area contributed by atoms with Gasteiger partial charge in [0.1, 0.15) is 11.4 Å². The standard InChI is InChI=1S/C19H18BrN3O3/c20-14-11-16(21-12-14)19(25)23-22-18(24)9-4-10-26-17-8-3-6-13-5-1-2-7-15(13)17/h1-3,5-8,11-12,21H,4,9-10H2,(H,22,24)(H,23,25). The lowest BCUT2D eigenvalue weighted by molar-refractivity contribution is -0.122. The molecule has 0 unspecified atom stereocenters. The minimum Gasteiger partial charge on any atom is -0.493 e. The number of halogens is 1. The molecular weight excluding hydrogens is 398 g/mol. The van der Waals surface area contributed by atoms with Gasteiger partial charge in [0.05, 0.1) is 6.61 Å². The molecule has 0 spiro atoms. The van der Waals surface area contributed by atoms with Crippen LogP contribution >= 0.6 is 15.9 Å².